The summed E-state index contributed by atoms with van der Waals surface area (Å²) in [6, 6.07) is 0. The fraction of sp³-hybridized carbons (Fsp3) is 0. The number of hydrogen-bond donors (Lipinski definition) is 0. The van der Waals surface area contributed by atoms with E-state index in [0.717, 1.165) is 0 Å². The van der Waals surface area contributed by atoms with Crippen molar-refractivity contribution < 1.29 is 0 Å². The van der Waals surface area contributed by atoms with Gasteiger partial charge in [-0.25, -0.2) is 0 Å². The van der Waals surface area contributed by atoms with Crippen LogP contribution in [0.1, 0.15) is 0 Å². The van der Waals surface area contributed by atoms with Gasteiger partial charge in [-0.2, -0.15) is 0 Å². The predicted molar refractivity (Wildman–Crippen MR) is 510 cm³/mol. The summed E-state index contributed by atoms with van der Waals surface area (Å²) >= 11 is 0. The van der Waals surface area contributed by atoms with Crippen molar-refractivity contribution >= 4 is 503 Å². The fourth-order valence-electron chi connectivity index (χ4n) is 20.4. The van der Waals surface area contributed by atoms with E-state index in [1.807, 2.05) is 0 Å². The van der Waals surface area contributed by atoms with E-state index < -0.39 is 0 Å². The van der Waals surface area contributed by atoms with Gasteiger partial charge < -0.3 is 0 Å². The Labute approximate surface area is 498 Å². The van der Waals surface area contributed by atoms with Crippen LogP contribution in [-0.4, -0.2) is 503 Å². The maximum absolute atomic E-state index is 2.77. The van der Waals surface area contributed by atoms with Gasteiger partial charge in [-0.15, -0.1) is 0 Å². The van der Waals surface area contributed by atoms with Crippen LogP contribution in [0.4, 0.5) is 0 Å². The molecule has 0 aliphatic carbocycles. The van der Waals surface area contributed by atoms with Crippen LogP contribution in [0.15, 0.2) is 0 Å². The van der Waals surface area contributed by atoms with Crippen molar-refractivity contribution in [1.82, 2.24) is 0 Å². The minimum absolute atomic E-state index is 0.570. The second kappa shape index (κ2) is 34.9. The van der Waals surface area contributed by atoms with Gasteiger partial charge in [-0.05, 0) is 0 Å². The third-order valence-electron chi connectivity index (χ3n) is 21.1. The minimum Gasteiger partial charge on any atom is 0.00000527 e. The highest BCUT2D eigenvalue weighted by atomic mass is 13.5. The SMILES string of the molecule is BBB(B)B(B(B)B)B(B(B(B(B)B)B(B)B)B(B(B)B)B(B)B)B(B(B(B(B)B)B(B)B)B(B(B)B)B(B)B)B(B(B(B(B)B)B(B)B)B(B(B)B)B(B)B)B(B(B(B)B)B(B)B)B(B(B)B)B(B)B. The van der Waals surface area contributed by atoms with Crippen molar-refractivity contribution in [3.05, 3.63) is 0 Å². The maximum Gasteiger partial charge on any atom is 0.0594 e. The van der Waals surface area contributed by atoms with Crippen molar-refractivity contribution in [2.45, 2.75) is 0 Å². The zero-order chi connectivity index (χ0) is 56.3. The van der Waals surface area contributed by atoms with Crippen LogP contribution >= 0.6 is 0 Å². The third-order valence-corrected chi connectivity index (χ3v) is 21.1. The Balaban J connectivity index is 11.8. The lowest BCUT2D eigenvalue weighted by molar-refractivity contribution is 3.15. The summed E-state index contributed by atoms with van der Waals surface area (Å²) in [6.45, 7) is 0. The van der Waals surface area contributed by atoms with Gasteiger partial charge in [0.05, 0.1) is 279 Å². The van der Waals surface area contributed by atoms with E-state index in [-0.39, 0.29) is 0 Å². The lowest BCUT2D eigenvalue weighted by Crippen LogP contribution is -2.98. The van der Waals surface area contributed by atoms with E-state index >= 15 is 0 Å². The average Bonchev–Trinajstić information content (AvgIpc) is 3.15. The van der Waals surface area contributed by atoms with Gasteiger partial charge in [0.15, 0.2) is 0 Å². The summed E-state index contributed by atoms with van der Waals surface area (Å²) < 4.78 is 0. The van der Waals surface area contributed by atoms with Gasteiger partial charge >= 0.3 is 0 Å². The van der Waals surface area contributed by atoms with Gasteiger partial charge in [0, 0.05) is 224 Å². The number of rotatable bonds is 34. The summed E-state index contributed by atoms with van der Waals surface area (Å²) in [5.41, 5.74) is 0. The van der Waals surface area contributed by atoms with Crippen LogP contribution in [0.2, 0.25) is 0 Å². The van der Waals surface area contributed by atoms with Crippen molar-refractivity contribution in [1.29, 1.82) is 0 Å². The van der Waals surface area contributed by atoms with Gasteiger partial charge in [0.2, 0.25) is 0 Å². The molecule has 0 aromatic carbocycles. The molecule has 0 aliphatic rings. The molecule has 0 N–H and O–H groups in total. The van der Waals surface area contributed by atoms with Gasteiger partial charge in [0.25, 0.3) is 0 Å². The molecule has 0 aromatic heterocycles. The smallest absolute Gasteiger partial charge is 0.00000527 e. The van der Waals surface area contributed by atoms with Crippen molar-refractivity contribution in [3.63, 3.8) is 0 Å². The van der Waals surface area contributed by atoms with E-state index in [0.29, 0.717) is 217 Å². The van der Waals surface area contributed by atoms with E-state index in [1.54, 1.807) is 0 Å². The molecule has 71 heavy (non-hydrogen) atoms. The molecule has 0 fully saturated rings. The molecule has 0 heterocycles. The normalized spacial score (nSPS) is 9.75. The monoisotopic (exact) mass is 855 g/mol. The molecule has 0 aliphatic heterocycles. The van der Waals surface area contributed by atoms with Crippen LogP contribution in [0.25, 0.3) is 0 Å². The molecule has 0 saturated heterocycles. The second-order valence-electron chi connectivity index (χ2n) is 31.8. The molecule has 286 valence electrons. The Hall–Kier alpha value is 4.61. The summed E-state index contributed by atoms with van der Waals surface area (Å²) in [6.07, 6.45) is 20.8. The lowest BCUT2D eigenvalue weighted by atomic mass is 8.21. The Kier molecular flexibility index (Phi) is 37.2. The highest BCUT2D eigenvalue weighted by molar-refractivity contribution is 8.40. The molecule has 0 spiro atoms. The second-order valence-corrected chi connectivity index (χ2v) is 31.8. The van der Waals surface area contributed by atoms with E-state index in [4.69, 9.17) is 0 Å². The lowest BCUT2D eigenvalue weighted by Gasteiger charge is -2.60. The molecular weight excluding hydrogens is 768 g/mol. The van der Waals surface area contributed by atoms with E-state index in [1.165, 1.54) is 7.06 Å². The zero-order valence-corrected chi connectivity index (χ0v) is 56.3. The van der Waals surface area contributed by atoms with Crippen LogP contribution in [0.3, 0.4) is 0 Å². The van der Waals surface area contributed by atoms with Crippen molar-refractivity contribution in [3.8, 4) is 0 Å². The van der Waals surface area contributed by atoms with Gasteiger partial charge in [0.1, 0.15) is 0 Å². The molecule has 0 unspecified atom stereocenters. The third kappa shape index (κ3) is 20.5. The van der Waals surface area contributed by atoms with Crippen LogP contribution in [-0.2, 0) is 0 Å². The predicted octanol–water partition coefficient (Wildman–Crippen LogP) is -46.6. The molecule has 0 nitrogen and oxygen atoms in total. The van der Waals surface area contributed by atoms with Crippen molar-refractivity contribution in [2.24, 2.45) is 0 Å². The summed E-state index contributed by atoms with van der Waals surface area (Å²) in [7, 11) is 98.0. The molecule has 0 atom stereocenters. The van der Waals surface area contributed by atoms with E-state index in [2.05, 4.69) is 279 Å². The topological polar surface area (TPSA) is 0 Å². The highest BCUT2D eigenvalue weighted by Crippen LogP contribution is 2.26. The van der Waals surface area contributed by atoms with Crippen molar-refractivity contribution in [2.75, 3.05) is 0 Å². The molecule has 0 bridgehead atoms. The Morgan fingerprint density at radius 2 is 0.211 bits per heavy atom. The molecular formula is H73B71. The molecule has 0 rings (SSSR count). The molecule has 0 radical (unpaired) electrons. The first-order chi connectivity index (χ1) is 32.3. The fourth-order valence-corrected chi connectivity index (χ4v) is 20.4. The molecule has 0 saturated carbocycles. The standard InChI is InChI=1S/B71H73/c1-37-55(36)64(54(34)35)69(65(56(38(2)3)39(4)5)57(40(6)7)41(8)9)71(68(62(50(26)27)51(28)29)63(52(30)31)53(32)33)70(66(58(42(10)11)43(12)13)59(44(14)15)45(16)17)67(60(46(18)19)47(20)21)61(48(22)23)49(24)25/h37H,1-36H2. The summed E-state index contributed by atoms with van der Waals surface area (Å²) in [4.78, 5) is 0. The minimum atomic E-state index is 0.570. The first-order valence-corrected chi connectivity index (χ1v) is 32.3. The molecule has 0 amide bonds. The highest BCUT2D eigenvalue weighted by Gasteiger charge is 2.65. The summed E-state index contributed by atoms with van der Waals surface area (Å²) in [5, 5.41) is 0. The van der Waals surface area contributed by atoms with E-state index in [9.17, 15) is 0 Å². The average molecular weight is 841 g/mol. The first kappa shape index (κ1) is 75.6. The number of hydrogen-bond acceptors (Lipinski definition) is 0. The Morgan fingerprint density at radius 1 is 0.127 bits per heavy atom. The maximum atomic E-state index is 2.77. The molecule has 0 aromatic rings. The van der Waals surface area contributed by atoms with Crippen LogP contribution < -0.4 is 0 Å². The summed E-state index contributed by atoms with van der Waals surface area (Å²) in [5.74, 6) is 0. The molecule has 71 heteroatoms. The Morgan fingerprint density at radius 3 is 0.296 bits per heavy atom. The van der Waals surface area contributed by atoms with Gasteiger partial charge in [-0.3, -0.25) is 0 Å². The largest absolute Gasteiger partial charge is 0.0594 e. The van der Waals surface area contributed by atoms with Crippen LogP contribution in [0.5, 0.6) is 0 Å². The van der Waals surface area contributed by atoms with Crippen LogP contribution in [0, 0.1) is 0 Å². The quantitative estimate of drug-likeness (QED) is 0.0566. The van der Waals surface area contributed by atoms with Gasteiger partial charge in [-0.1, -0.05) is 0 Å². The first-order valence-electron chi connectivity index (χ1n) is 32.3. The Bertz CT molecular complexity index is 1160. The zero-order valence-electron chi connectivity index (χ0n) is 56.3.